The van der Waals surface area contributed by atoms with Gasteiger partial charge in [-0.15, -0.1) is 0 Å². The van der Waals surface area contributed by atoms with Gasteiger partial charge in [0.05, 0.1) is 0 Å². The monoisotopic (exact) mass is 252 g/mol. The Kier molecular flexibility index (Phi) is 4.09. The van der Waals surface area contributed by atoms with Crippen LogP contribution in [0.1, 0.15) is 49.4 Å². The lowest BCUT2D eigenvalue weighted by Gasteiger charge is -2.24. The number of rotatable bonds is 4. The summed E-state index contributed by atoms with van der Waals surface area (Å²) in [7, 11) is 0. The fraction of sp³-hybridized carbons (Fsp3) is 0.368. The summed E-state index contributed by atoms with van der Waals surface area (Å²) < 4.78 is 0. The summed E-state index contributed by atoms with van der Waals surface area (Å²) in [5.41, 5.74) is 5.83. The van der Waals surface area contributed by atoms with Crippen LogP contribution in [0.15, 0.2) is 48.5 Å². The van der Waals surface area contributed by atoms with Crippen molar-refractivity contribution in [2.45, 2.75) is 46.0 Å². The molecule has 0 aliphatic rings. The molecule has 0 aromatic heterocycles. The molecule has 0 heteroatoms. The van der Waals surface area contributed by atoms with Gasteiger partial charge in [0.25, 0.3) is 0 Å². The Morgan fingerprint density at radius 2 is 1.58 bits per heavy atom. The van der Waals surface area contributed by atoms with Crippen LogP contribution in [-0.4, -0.2) is 0 Å². The third-order valence-corrected chi connectivity index (χ3v) is 4.12. The molecule has 0 saturated carbocycles. The standard InChI is InChI=1S/C19H24/c1-5-19(3,4)18-8-6-7-17(14-18)13-16-11-9-15(2)10-12-16/h6-12,14H,5,13H2,1-4H3. The molecule has 0 aliphatic carbocycles. The van der Waals surface area contributed by atoms with Gasteiger partial charge in [-0.25, -0.2) is 0 Å². The molecule has 0 fully saturated rings. The lowest BCUT2D eigenvalue weighted by atomic mass is 9.81. The first-order valence-corrected chi connectivity index (χ1v) is 7.16. The summed E-state index contributed by atoms with van der Waals surface area (Å²) in [5, 5.41) is 0. The van der Waals surface area contributed by atoms with Crippen molar-refractivity contribution >= 4 is 0 Å². The van der Waals surface area contributed by atoms with Crippen LogP contribution < -0.4 is 0 Å². The topological polar surface area (TPSA) is 0 Å². The molecule has 0 nitrogen and oxygen atoms in total. The van der Waals surface area contributed by atoms with Gasteiger partial charge >= 0.3 is 0 Å². The van der Waals surface area contributed by atoms with Crippen LogP contribution in [0.5, 0.6) is 0 Å². The van der Waals surface area contributed by atoms with Crippen LogP contribution in [0.25, 0.3) is 0 Å². The van der Waals surface area contributed by atoms with Gasteiger partial charge < -0.3 is 0 Å². The minimum atomic E-state index is 0.267. The SMILES string of the molecule is CCC(C)(C)c1cccc(Cc2ccc(C)cc2)c1. The van der Waals surface area contributed by atoms with Crippen molar-refractivity contribution in [1.29, 1.82) is 0 Å². The van der Waals surface area contributed by atoms with Crippen LogP contribution in [-0.2, 0) is 11.8 Å². The zero-order valence-electron chi connectivity index (χ0n) is 12.5. The van der Waals surface area contributed by atoms with E-state index in [1.807, 2.05) is 0 Å². The predicted octanol–water partition coefficient (Wildman–Crippen LogP) is 5.27. The largest absolute Gasteiger partial charge is 0.0646 e. The van der Waals surface area contributed by atoms with E-state index >= 15 is 0 Å². The molecule has 0 heterocycles. The van der Waals surface area contributed by atoms with Crippen LogP contribution in [0.3, 0.4) is 0 Å². The van der Waals surface area contributed by atoms with E-state index in [1.165, 1.54) is 28.7 Å². The first kappa shape index (κ1) is 13.9. The third-order valence-electron chi connectivity index (χ3n) is 4.12. The molecule has 0 atom stereocenters. The Morgan fingerprint density at radius 3 is 2.21 bits per heavy atom. The highest BCUT2D eigenvalue weighted by Gasteiger charge is 2.17. The van der Waals surface area contributed by atoms with Crippen LogP contribution >= 0.6 is 0 Å². The molecule has 2 aromatic carbocycles. The molecular weight excluding hydrogens is 228 g/mol. The summed E-state index contributed by atoms with van der Waals surface area (Å²) in [6.07, 6.45) is 2.19. The lowest BCUT2D eigenvalue weighted by Crippen LogP contribution is -2.15. The molecule has 0 unspecified atom stereocenters. The van der Waals surface area contributed by atoms with Crippen molar-refractivity contribution in [3.05, 3.63) is 70.8 Å². The third kappa shape index (κ3) is 3.47. The number of hydrogen-bond acceptors (Lipinski definition) is 0. The van der Waals surface area contributed by atoms with Crippen molar-refractivity contribution < 1.29 is 0 Å². The lowest BCUT2D eigenvalue weighted by molar-refractivity contribution is 0.506. The van der Waals surface area contributed by atoms with E-state index in [0.29, 0.717) is 0 Å². The second kappa shape index (κ2) is 5.61. The maximum Gasteiger partial charge on any atom is -0.00257 e. The van der Waals surface area contributed by atoms with E-state index in [1.54, 1.807) is 0 Å². The van der Waals surface area contributed by atoms with Crippen LogP contribution in [0.2, 0.25) is 0 Å². The fourth-order valence-corrected chi connectivity index (χ4v) is 2.25. The molecule has 0 spiro atoms. The number of hydrogen-bond donors (Lipinski definition) is 0. The normalized spacial score (nSPS) is 11.6. The summed E-state index contributed by atoms with van der Waals surface area (Å²) in [4.78, 5) is 0. The summed E-state index contributed by atoms with van der Waals surface area (Å²) in [6, 6.07) is 17.9. The number of benzene rings is 2. The maximum atomic E-state index is 2.36. The van der Waals surface area contributed by atoms with Crippen molar-refractivity contribution in [3.8, 4) is 0 Å². The summed E-state index contributed by atoms with van der Waals surface area (Å²) in [5.74, 6) is 0. The Morgan fingerprint density at radius 1 is 0.895 bits per heavy atom. The molecule has 0 saturated heterocycles. The van der Waals surface area contributed by atoms with E-state index in [4.69, 9.17) is 0 Å². The van der Waals surface area contributed by atoms with Gasteiger partial charge in [-0.1, -0.05) is 74.9 Å². The molecule has 0 N–H and O–H groups in total. The molecular formula is C19H24. The molecule has 100 valence electrons. The average Bonchev–Trinajstić information content (AvgIpc) is 2.42. The summed E-state index contributed by atoms with van der Waals surface area (Å²) >= 11 is 0. The van der Waals surface area contributed by atoms with Crippen molar-refractivity contribution in [1.82, 2.24) is 0 Å². The van der Waals surface area contributed by atoms with E-state index < -0.39 is 0 Å². The zero-order valence-corrected chi connectivity index (χ0v) is 12.5. The minimum absolute atomic E-state index is 0.267. The van der Waals surface area contributed by atoms with Crippen molar-refractivity contribution in [2.75, 3.05) is 0 Å². The predicted molar refractivity (Wildman–Crippen MR) is 83.7 cm³/mol. The smallest absolute Gasteiger partial charge is 0.00257 e. The summed E-state index contributed by atoms with van der Waals surface area (Å²) in [6.45, 7) is 9.02. The van der Waals surface area contributed by atoms with Gasteiger partial charge in [0.15, 0.2) is 0 Å². The second-order valence-corrected chi connectivity index (χ2v) is 6.10. The molecule has 0 aliphatic heterocycles. The van der Waals surface area contributed by atoms with Crippen molar-refractivity contribution in [2.24, 2.45) is 0 Å². The highest BCUT2D eigenvalue weighted by molar-refractivity contribution is 5.33. The average molecular weight is 252 g/mol. The van der Waals surface area contributed by atoms with Crippen LogP contribution in [0.4, 0.5) is 0 Å². The van der Waals surface area contributed by atoms with Crippen LogP contribution in [0, 0.1) is 6.92 Å². The molecule has 2 aromatic rings. The first-order valence-electron chi connectivity index (χ1n) is 7.16. The van der Waals surface area contributed by atoms with E-state index in [-0.39, 0.29) is 5.41 Å². The zero-order chi connectivity index (χ0) is 13.9. The Bertz CT molecular complexity index is 532. The van der Waals surface area contributed by atoms with Gasteiger partial charge in [0, 0.05) is 0 Å². The molecule has 0 radical (unpaired) electrons. The van der Waals surface area contributed by atoms with Gasteiger partial charge in [-0.3, -0.25) is 0 Å². The number of aryl methyl sites for hydroxylation is 1. The van der Waals surface area contributed by atoms with Gasteiger partial charge in [-0.2, -0.15) is 0 Å². The quantitative estimate of drug-likeness (QED) is 0.695. The molecule has 2 rings (SSSR count). The molecule has 19 heavy (non-hydrogen) atoms. The Balaban J connectivity index is 2.22. The first-order chi connectivity index (χ1) is 9.01. The minimum Gasteiger partial charge on any atom is -0.0646 e. The molecule has 0 amide bonds. The highest BCUT2D eigenvalue weighted by Crippen LogP contribution is 2.27. The van der Waals surface area contributed by atoms with Crippen molar-refractivity contribution in [3.63, 3.8) is 0 Å². The Labute approximate surface area is 117 Å². The second-order valence-electron chi connectivity index (χ2n) is 6.10. The van der Waals surface area contributed by atoms with E-state index in [9.17, 15) is 0 Å². The Hall–Kier alpha value is -1.56. The van der Waals surface area contributed by atoms with E-state index in [2.05, 4.69) is 76.2 Å². The van der Waals surface area contributed by atoms with Gasteiger partial charge in [0.2, 0.25) is 0 Å². The maximum absolute atomic E-state index is 2.36. The molecule has 0 bridgehead atoms. The van der Waals surface area contributed by atoms with E-state index in [0.717, 1.165) is 6.42 Å². The van der Waals surface area contributed by atoms with Gasteiger partial charge in [-0.05, 0) is 41.9 Å². The highest BCUT2D eigenvalue weighted by atomic mass is 14.2. The fourth-order valence-electron chi connectivity index (χ4n) is 2.25. The van der Waals surface area contributed by atoms with Gasteiger partial charge in [0.1, 0.15) is 0 Å².